The van der Waals surface area contributed by atoms with Crippen molar-refractivity contribution < 1.29 is 24.9 Å². The number of rotatable bonds is 4. The van der Waals surface area contributed by atoms with E-state index < -0.39 is 11.9 Å². The van der Waals surface area contributed by atoms with Crippen LogP contribution in [-0.2, 0) is 0 Å². The number of aliphatic hydroxyl groups excluding tert-OH is 1. The molecule has 0 spiro atoms. The van der Waals surface area contributed by atoms with E-state index in [4.69, 9.17) is 5.11 Å². The summed E-state index contributed by atoms with van der Waals surface area (Å²) < 4.78 is 0. The number of hydrogen-bond donors (Lipinski definition) is 4. The largest absolute Gasteiger partial charge is 0.478 e. The SMILES string of the molecule is Cc1c(C(=O)O)ccc(N2CCC(O)CC2)c1C(=O)O.N#Cc1[nH]c(=O)c2ccccc2c1-c1ccccc1. The van der Waals surface area contributed by atoms with E-state index in [1.54, 1.807) is 6.07 Å². The number of pyridine rings is 1. The van der Waals surface area contributed by atoms with Gasteiger partial charge in [0.1, 0.15) is 11.8 Å². The molecular formula is C30H27N3O6. The minimum atomic E-state index is -1.13. The number of carboxylic acid groups (broad SMARTS) is 2. The van der Waals surface area contributed by atoms with Crippen LogP contribution in [0.1, 0.15) is 44.8 Å². The van der Waals surface area contributed by atoms with Gasteiger partial charge in [-0.05, 0) is 54.5 Å². The number of carboxylic acids is 2. The van der Waals surface area contributed by atoms with Crippen molar-refractivity contribution in [2.75, 3.05) is 18.0 Å². The Labute approximate surface area is 224 Å². The number of hydrogen-bond acceptors (Lipinski definition) is 6. The van der Waals surface area contributed by atoms with E-state index in [1.807, 2.05) is 53.4 Å². The average molecular weight is 526 g/mol. The normalized spacial score (nSPS) is 13.3. The van der Waals surface area contributed by atoms with E-state index in [9.17, 15) is 29.9 Å². The zero-order valence-electron chi connectivity index (χ0n) is 21.2. The zero-order valence-corrected chi connectivity index (χ0v) is 21.2. The molecule has 0 aliphatic carbocycles. The summed E-state index contributed by atoms with van der Waals surface area (Å²) >= 11 is 0. The number of nitrogens with zero attached hydrogens (tertiary/aromatic N) is 2. The van der Waals surface area contributed by atoms with Crippen LogP contribution in [0.5, 0.6) is 0 Å². The molecule has 4 aromatic rings. The molecular weight excluding hydrogens is 498 g/mol. The summed E-state index contributed by atoms with van der Waals surface area (Å²) in [5.74, 6) is -2.27. The lowest BCUT2D eigenvalue weighted by molar-refractivity contribution is 0.0696. The molecule has 9 heteroatoms. The fourth-order valence-corrected chi connectivity index (χ4v) is 4.83. The molecule has 3 aromatic carbocycles. The molecule has 0 radical (unpaired) electrons. The summed E-state index contributed by atoms with van der Waals surface area (Å²) in [6.45, 7) is 2.63. The van der Waals surface area contributed by atoms with Crippen LogP contribution in [0.3, 0.4) is 0 Å². The summed E-state index contributed by atoms with van der Waals surface area (Å²) in [7, 11) is 0. The topological polar surface area (TPSA) is 155 Å². The maximum absolute atomic E-state index is 11.9. The average Bonchev–Trinajstić information content (AvgIpc) is 2.93. The van der Waals surface area contributed by atoms with Gasteiger partial charge in [-0.25, -0.2) is 9.59 Å². The highest BCUT2D eigenvalue weighted by atomic mass is 16.4. The highest BCUT2D eigenvalue weighted by molar-refractivity contribution is 6.01. The first-order valence-corrected chi connectivity index (χ1v) is 12.4. The Morgan fingerprint density at radius 2 is 1.54 bits per heavy atom. The van der Waals surface area contributed by atoms with Crippen LogP contribution in [0.15, 0.2) is 71.5 Å². The maximum atomic E-state index is 11.9. The number of nitriles is 1. The molecule has 0 unspecified atom stereocenters. The Morgan fingerprint density at radius 1 is 0.923 bits per heavy atom. The lowest BCUT2D eigenvalue weighted by Crippen LogP contribution is -2.36. The predicted molar refractivity (Wildman–Crippen MR) is 147 cm³/mol. The molecule has 1 aliphatic rings. The van der Waals surface area contributed by atoms with Crippen molar-refractivity contribution in [3.63, 3.8) is 0 Å². The van der Waals surface area contributed by atoms with Crippen LogP contribution in [0.4, 0.5) is 5.69 Å². The van der Waals surface area contributed by atoms with E-state index in [-0.39, 0.29) is 28.4 Å². The number of fused-ring (bicyclic) bond motifs is 1. The Hall–Kier alpha value is -4.94. The van der Waals surface area contributed by atoms with Crippen molar-refractivity contribution >= 4 is 28.4 Å². The highest BCUT2D eigenvalue weighted by Gasteiger charge is 2.25. The first-order chi connectivity index (χ1) is 18.7. The molecule has 0 atom stereocenters. The van der Waals surface area contributed by atoms with Gasteiger partial charge in [0.25, 0.3) is 5.56 Å². The number of benzene rings is 3. The Bertz CT molecular complexity index is 1630. The van der Waals surface area contributed by atoms with Crippen molar-refractivity contribution in [3.8, 4) is 17.2 Å². The van der Waals surface area contributed by atoms with E-state index in [0.717, 1.165) is 16.5 Å². The molecule has 0 saturated carbocycles. The number of aromatic carboxylic acids is 2. The Kier molecular flexibility index (Phi) is 8.08. The van der Waals surface area contributed by atoms with Crippen molar-refractivity contribution in [2.24, 2.45) is 0 Å². The monoisotopic (exact) mass is 525 g/mol. The summed E-state index contributed by atoms with van der Waals surface area (Å²) in [5, 5.41) is 38.6. The fourth-order valence-electron chi connectivity index (χ4n) is 4.83. The van der Waals surface area contributed by atoms with Gasteiger partial charge in [0.2, 0.25) is 0 Å². The molecule has 1 aromatic heterocycles. The summed E-state index contributed by atoms with van der Waals surface area (Å²) in [5.41, 5.74) is 2.58. The molecule has 1 saturated heterocycles. The van der Waals surface area contributed by atoms with Crippen LogP contribution in [0.2, 0.25) is 0 Å². The third kappa shape index (κ3) is 5.66. The van der Waals surface area contributed by atoms with Gasteiger partial charge in [0, 0.05) is 24.0 Å². The molecule has 4 N–H and O–H groups in total. The summed E-state index contributed by atoms with van der Waals surface area (Å²) in [4.78, 5) is 39.0. The van der Waals surface area contributed by atoms with Gasteiger partial charge in [-0.15, -0.1) is 0 Å². The smallest absolute Gasteiger partial charge is 0.338 e. The fraction of sp³-hybridized carbons (Fsp3) is 0.200. The number of anilines is 1. The van der Waals surface area contributed by atoms with Crippen molar-refractivity contribution in [1.82, 2.24) is 4.98 Å². The predicted octanol–water partition coefficient (Wildman–Crippen LogP) is 4.42. The highest BCUT2D eigenvalue weighted by Crippen LogP contribution is 2.30. The van der Waals surface area contributed by atoms with Gasteiger partial charge in [-0.2, -0.15) is 5.26 Å². The van der Waals surface area contributed by atoms with Gasteiger partial charge in [0.15, 0.2) is 0 Å². The second kappa shape index (κ2) is 11.6. The van der Waals surface area contributed by atoms with E-state index >= 15 is 0 Å². The molecule has 0 amide bonds. The van der Waals surface area contributed by atoms with Crippen molar-refractivity contribution in [1.29, 1.82) is 5.26 Å². The standard InChI is InChI=1S/C16H10N2O.C14H17NO5/c17-10-14-15(11-6-2-1-3-7-11)12-8-4-5-9-13(12)16(19)18-14;1-8-10(13(17)18)2-3-11(12(8)14(19)20)15-6-4-9(16)5-7-15/h1-9H,(H,18,19);2-3,9,16H,4-7H2,1H3,(H,17,18)(H,19,20). The number of aliphatic hydroxyl groups is 1. The quantitative estimate of drug-likeness (QED) is 0.305. The van der Waals surface area contributed by atoms with E-state index in [0.29, 0.717) is 42.7 Å². The van der Waals surface area contributed by atoms with Crippen LogP contribution >= 0.6 is 0 Å². The van der Waals surface area contributed by atoms with Gasteiger partial charge < -0.3 is 25.2 Å². The second-order valence-electron chi connectivity index (χ2n) is 9.19. The molecule has 1 aliphatic heterocycles. The number of carbonyl (C=O) groups is 2. The number of aromatic nitrogens is 1. The molecule has 5 rings (SSSR count). The first-order valence-electron chi connectivity index (χ1n) is 12.4. The third-order valence-corrected chi connectivity index (χ3v) is 6.80. The number of piperidine rings is 1. The van der Waals surface area contributed by atoms with Gasteiger partial charge >= 0.3 is 11.9 Å². The van der Waals surface area contributed by atoms with Crippen LogP contribution in [0.25, 0.3) is 21.9 Å². The maximum Gasteiger partial charge on any atom is 0.338 e. The van der Waals surface area contributed by atoms with Gasteiger partial charge in [-0.1, -0.05) is 48.5 Å². The molecule has 0 bridgehead atoms. The number of aromatic amines is 1. The third-order valence-electron chi connectivity index (χ3n) is 6.80. The van der Waals surface area contributed by atoms with Gasteiger partial charge in [0.05, 0.1) is 22.9 Å². The molecule has 39 heavy (non-hydrogen) atoms. The van der Waals surface area contributed by atoms with E-state index in [2.05, 4.69) is 11.1 Å². The molecule has 2 heterocycles. The van der Waals surface area contributed by atoms with Gasteiger partial charge in [-0.3, -0.25) is 4.79 Å². The number of nitrogens with one attached hydrogen (secondary N) is 1. The Balaban J connectivity index is 0.000000181. The summed E-state index contributed by atoms with van der Waals surface area (Å²) in [6.07, 6.45) is 0.816. The summed E-state index contributed by atoms with van der Waals surface area (Å²) in [6, 6.07) is 22.0. The lowest BCUT2D eigenvalue weighted by atomic mass is 9.98. The second-order valence-corrected chi connectivity index (χ2v) is 9.19. The molecule has 198 valence electrons. The lowest BCUT2D eigenvalue weighted by Gasteiger charge is -2.32. The molecule has 9 nitrogen and oxygen atoms in total. The van der Waals surface area contributed by atoms with Crippen LogP contribution < -0.4 is 10.5 Å². The zero-order chi connectivity index (χ0) is 28.1. The minimum Gasteiger partial charge on any atom is -0.478 e. The first kappa shape index (κ1) is 27.1. The van der Waals surface area contributed by atoms with Crippen LogP contribution in [-0.4, -0.2) is 51.4 Å². The Morgan fingerprint density at radius 3 is 2.13 bits per heavy atom. The van der Waals surface area contributed by atoms with E-state index in [1.165, 1.54) is 19.1 Å². The van der Waals surface area contributed by atoms with Crippen molar-refractivity contribution in [3.05, 3.63) is 99.5 Å². The minimum absolute atomic E-state index is 0.00296. The van der Waals surface area contributed by atoms with Crippen LogP contribution in [0, 0.1) is 18.3 Å². The number of H-pyrrole nitrogens is 1. The molecule has 1 fully saturated rings. The van der Waals surface area contributed by atoms with Crippen molar-refractivity contribution in [2.45, 2.75) is 25.9 Å².